The molecule has 0 heterocycles. The molecule has 3 nitrogen and oxygen atoms in total. The first-order valence-corrected chi connectivity index (χ1v) is 5.53. The van der Waals surface area contributed by atoms with Crippen molar-refractivity contribution in [3.8, 4) is 0 Å². The fourth-order valence-electron chi connectivity index (χ4n) is 1.58. The number of aliphatic hydroxyl groups excluding tert-OH is 1. The van der Waals surface area contributed by atoms with Gasteiger partial charge < -0.3 is 10.4 Å². The molecule has 88 valence electrons. The van der Waals surface area contributed by atoms with Crippen molar-refractivity contribution >= 4 is 5.91 Å². The molecule has 0 unspecified atom stereocenters. The van der Waals surface area contributed by atoms with Crippen LogP contribution in [0.5, 0.6) is 0 Å². The highest BCUT2D eigenvalue weighted by atomic mass is 16.3. The zero-order chi connectivity index (χ0) is 12.1. The monoisotopic (exact) mass is 221 g/mol. The van der Waals surface area contributed by atoms with E-state index in [2.05, 4.69) is 5.32 Å². The molecular formula is C13H19NO2. The molecule has 0 spiro atoms. The SMILES string of the molecule is Cc1cc(C)c(C(=O)NCCCO)cc1C. The Labute approximate surface area is 96.5 Å². The molecule has 0 saturated carbocycles. The van der Waals surface area contributed by atoms with Crippen LogP contribution < -0.4 is 5.32 Å². The fraction of sp³-hybridized carbons (Fsp3) is 0.462. The molecule has 3 heteroatoms. The van der Waals surface area contributed by atoms with E-state index in [1.165, 1.54) is 5.56 Å². The maximum Gasteiger partial charge on any atom is 0.251 e. The molecule has 1 aromatic rings. The average molecular weight is 221 g/mol. The van der Waals surface area contributed by atoms with Crippen molar-refractivity contribution in [2.45, 2.75) is 27.2 Å². The summed E-state index contributed by atoms with van der Waals surface area (Å²) < 4.78 is 0. The van der Waals surface area contributed by atoms with Crippen LogP contribution in [0.3, 0.4) is 0 Å². The van der Waals surface area contributed by atoms with Gasteiger partial charge in [0.1, 0.15) is 0 Å². The van der Waals surface area contributed by atoms with Crippen molar-refractivity contribution in [3.63, 3.8) is 0 Å². The minimum absolute atomic E-state index is 0.0611. The van der Waals surface area contributed by atoms with E-state index < -0.39 is 0 Å². The van der Waals surface area contributed by atoms with Crippen molar-refractivity contribution in [2.24, 2.45) is 0 Å². The van der Waals surface area contributed by atoms with Crippen LogP contribution in [0.25, 0.3) is 0 Å². The van der Waals surface area contributed by atoms with Gasteiger partial charge in [-0.1, -0.05) is 6.07 Å². The number of carbonyl (C=O) groups is 1. The molecule has 0 atom stereocenters. The van der Waals surface area contributed by atoms with Gasteiger partial charge in [0.2, 0.25) is 0 Å². The van der Waals surface area contributed by atoms with Crippen LogP contribution in [-0.2, 0) is 0 Å². The first-order chi connectivity index (χ1) is 7.56. The van der Waals surface area contributed by atoms with Crippen LogP contribution in [-0.4, -0.2) is 24.2 Å². The maximum atomic E-state index is 11.8. The third-order valence-electron chi connectivity index (χ3n) is 2.71. The van der Waals surface area contributed by atoms with Crippen LogP contribution in [0.2, 0.25) is 0 Å². The molecule has 16 heavy (non-hydrogen) atoms. The summed E-state index contributed by atoms with van der Waals surface area (Å²) in [7, 11) is 0. The number of hydrogen-bond donors (Lipinski definition) is 2. The second kappa shape index (κ2) is 5.66. The van der Waals surface area contributed by atoms with Gasteiger partial charge in [0, 0.05) is 18.7 Å². The van der Waals surface area contributed by atoms with Gasteiger partial charge in [0.05, 0.1) is 0 Å². The predicted molar refractivity (Wildman–Crippen MR) is 64.7 cm³/mol. The van der Waals surface area contributed by atoms with Crippen LogP contribution in [0.15, 0.2) is 12.1 Å². The molecule has 0 saturated heterocycles. The molecule has 1 aromatic carbocycles. The molecule has 2 N–H and O–H groups in total. The summed E-state index contributed by atoms with van der Waals surface area (Å²) in [5, 5.41) is 11.4. The lowest BCUT2D eigenvalue weighted by atomic mass is 10.0. The highest BCUT2D eigenvalue weighted by molar-refractivity contribution is 5.95. The lowest BCUT2D eigenvalue weighted by Crippen LogP contribution is -2.25. The van der Waals surface area contributed by atoms with E-state index in [0.717, 1.165) is 16.7 Å². The molecule has 0 aliphatic heterocycles. The minimum atomic E-state index is -0.0611. The number of rotatable bonds is 4. The van der Waals surface area contributed by atoms with E-state index in [1.807, 2.05) is 32.9 Å². The zero-order valence-electron chi connectivity index (χ0n) is 10.1. The van der Waals surface area contributed by atoms with E-state index in [1.54, 1.807) is 0 Å². The molecule has 0 fully saturated rings. The zero-order valence-corrected chi connectivity index (χ0v) is 10.1. The molecule has 0 radical (unpaired) electrons. The van der Waals surface area contributed by atoms with Crippen molar-refractivity contribution in [1.82, 2.24) is 5.32 Å². The van der Waals surface area contributed by atoms with Crippen LogP contribution >= 0.6 is 0 Å². The number of aliphatic hydroxyl groups is 1. The van der Waals surface area contributed by atoms with Gasteiger partial charge in [0.15, 0.2) is 0 Å². The van der Waals surface area contributed by atoms with E-state index in [0.29, 0.717) is 13.0 Å². The first-order valence-electron chi connectivity index (χ1n) is 5.53. The van der Waals surface area contributed by atoms with Crippen LogP contribution in [0.1, 0.15) is 33.5 Å². The van der Waals surface area contributed by atoms with E-state index in [-0.39, 0.29) is 12.5 Å². The number of hydrogen-bond acceptors (Lipinski definition) is 2. The lowest BCUT2D eigenvalue weighted by Gasteiger charge is -2.10. The summed E-state index contributed by atoms with van der Waals surface area (Å²) in [6.45, 7) is 6.59. The Balaban J connectivity index is 2.79. The third kappa shape index (κ3) is 3.07. The van der Waals surface area contributed by atoms with Gasteiger partial charge in [-0.15, -0.1) is 0 Å². The smallest absolute Gasteiger partial charge is 0.251 e. The quantitative estimate of drug-likeness (QED) is 0.761. The molecule has 0 aromatic heterocycles. The Bertz CT molecular complexity index is 386. The highest BCUT2D eigenvalue weighted by Crippen LogP contribution is 2.15. The molecule has 1 rings (SSSR count). The first kappa shape index (κ1) is 12.7. The number of carbonyl (C=O) groups excluding carboxylic acids is 1. The summed E-state index contributed by atoms with van der Waals surface area (Å²) >= 11 is 0. The highest BCUT2D eigenvalue weighted by Gasteiger charge is 2.09. The topological polar surface area (TPSA) is 49.3 Å². The van der Waals surface area contributed by atoms with Crippen molar-refractivity contribution in [3.05, 3.63) is 34.4 Å². The summed E-state index contributed by atoms with van der Waals surface area (Å²) in [5.74, 6) is -0.0611. The lowest BCUT2D eigenvalue weighted by molar-refractivity contribution is 0.0950. The van der Waals surface area contributed by atoms with Gasteiger partial charge >= 0.3 is 0 Å². The Hall–Kier alpha value is -1.35. The van der Waals surface area contributed by atoms with Gasteiger partial charge in [-0.25, -0.2) is 0 Å². The average Bonchev–Trinajstić information content (AvgIpc) is 2.23. The van der Waals surface area contributed by atoms with Crippen molar-refractivity contribution < 1.29 is 9.90 Å². The van der Waals surface area contributed by atoms with E-state index >= 15 is 0 Å². The standard InChI is InChI=1S/C13H19NO2/c1-9-7-11(3)12(8-10(9)2)13(16)14-5-4-6-15/h7-8,15H,4-6H2,1-3H3,(H,14,16). The van der Waals surface area contributed by atoms with E-state index in [4.69, 9.17) is 5.11 Å². The number of amides is 1. The Kier molecular flexibility index (Phi) is 4.50. The van der Waals surface area contributed by atoms with Crippen LogP contribution in [0.4, 0.5) is 0 Å². The predicted octanol–water partition coefficient (Wildman–Crippen LogP) is 1.72. The van der Waals surface area contributed by atoms with Crippen molar-refractivity contribution in [1.29, 1.82) is 0 Å². The van der Waals surface area contributed by atoms with Crippen LogP contribution in [0, 0.1) is 20.8 Å². The largest absolute Gasteiger partial charge is 0.396 e. The number of aryl methyl sites for hydroxylation is 3. The maximum absolute atomic E-state index is 11.8. The Morgan fingerprint density at radius 3 is 2.44 bits per heavy atom. The second-order valence-corrected chi connectivity index (χ2v) is 4.08. The summed E-state index contributed by atoms with van der Waals surface area (Å²) in [6.07, 6.45) is 0.593. The summed E-state index contributed by atoms with van der Waals surface area (Å²) in [5.41, 5.74) is 4.04. The molecule has 0 aliphatic rings. The number of nitrogens with one attached hydrogen (secondary N) is 1. The van der Waals surface area contributed by atoms with E-state index in [9.17, 15) is 4.79 Å². The molecule has 0 aliphatic carbocycles. The number of benzene rings is 1. The molecular weight excluding hydrogens is 202 g/mol. The fourth-order valence-corrected chi connectivity index (χ4v) is 1.58. The Morgan fingerprint density at radius 1 is 1.19 bits per heavy atom. The van der Waals surface area contributed by atoms with Gasteiger partial charge in [-0.3, -0.25) is 4.79 Å². The van der Waals surface area contributed by atoms with Gasteiger partial charge in [-0.2, -0.15) is 0 Å². The third-order valence-corrected chi connectivity index (χ3v) is 2.71. The van der Waals surface area contributed by atoms with Gasteiger partial charge in [-0.05, 0) is 49.9 Å². The Morgan fingerprint density at radius 2 is 1.81 bits per heavy atom. The normalized spacial score (nSPS) is 10.2. The molecule has 0 bridgehead atoms. The van der Waals surface area contributed by atoms with Gasteiger partial charge in [0.25, 0.3) is 5.91 Å². The second-order valence-electron chi connectivity index (χ2n) is 4.08. The minimum Gasteiger partial charge on any atom is -0.396 e. The summed E-state index contributed by atoms with van der Waals surface area (Å²) in [4.78, 5) is 11.8. The molecule has 1 amide bonds. The summed E-state index contributed by atoms with van der Waals surface area (Å²) in [6, 6.07) is 3.94. The van der Waals surface area contributed by atoms with Crippen molar-refractivity contribution in [2.75, 3.05) is 13.2 Å².